The number of piperidine rings is 1. The summed E-state index contributed by atoms with van der Waals surface area (Å²) in [5, 5.41) is 13.4. The van der Waals surface area contributed by atoms with Crippen molar-refractivity contribution in [1.29, 1.82) is 0 Å². The van der Waals surface area contributed by atoms with E-state index in [4.69, 9.17) is 0 Å². The Bertz CT molecular complexity index is 451. The largest absolute Gasteiger partial charge is 0.508 e. The number of anilines is 1. The summed E-state index contributed by atoms with van der Waals surface area (Å²) in [6.45, 7) is 12.1. The van der Waals surface area contributed by atoms with Gasteiger partial charge >= 0.3 is 0 Å². The number of nitrogens with zero attached hydrogens (tertiary/aromatic N) is 1. The second kappa shape index (κ2) is 6.49. The fraction of sp³-hybridized carbons (Fsp3) is 0.647. The van der Waals surface area contributed by atoms with Crippen molar-refractivity contribution in [2.45, 2.75) is 46.6 Å². The molecule has 1 atom stereocenters. The number of hydrogen-bond acceptors (Lipinski definition) is 3. The molecule has 1 aromatic carbocycles. The van der Waals surface area contributed by atoms with Crippen LogP contribution in [0, 0.1) is 19.8 Å². The molecule has 112 valence electrons. The van der Waals surface area contributed by atoms with E-state index in [0.717, 1.165) is 22.7 Å². The Balaban J connectivity index is 1.98. The third kappa shape index (κ3) is 3.45. The molecule has 1 aromatic rings. The second-order valence-corrected chi connectivity index (χ2v) is 6.16. The molecule has 0 radical (unpaired) electrons. The van der Waals surface area contributed by atoms with Gasteiger partial charge in [-0.05, 0) is 82.4 Å². The number of likely N-dealkylation sites (tertiary alicyclic amines) is 1. The van der Waals surface area contributed by atoms with Gasteiger partial charge in [0, 0.05) is 11.7 Å². The van der Waals surface area contributed by atoms with E-state index in [1.54, 1.807) is 0 Å². The summed E-state index contributed by atoms with van der Waals surface area (Å²) < 4.78 is 0. The molecule has 1 aliphatic rings. The Kier molecular flexibility index (Phi) is 4.92. The van der Waals surface area contributed by atoms with E-state index >= 15 is 0 Å². The number of phenols is 1. The van der Waals surface area contributed by atoms with Crippen LogP contribution in [0.1, 0.15) is 37.8 Å². The van der Waals surface area contributed by atoms with Crippen molar-refractivity contribution in [1.82, 2.24) is 4.90 Å². The molecule has 2 rings (SSSR count). The van der Waals surface area contributed by atoms with Crippen molar-refractivity contribution < 1.29 is 5.11 Å². The smallest absolute Gasteiger partial charge is 0.118 e. The van der Waals surface area contributed by atoms with Crippen LogP contribution in [0.2, 0.25) is 0 Å². The Morgan fingerprint density at radius 1 is 1.25 bits per heavy atom. The molecule has 0 spiro atoms. The fourth-order valence-corrected chi connectivity index (χ4v) is 3.09. The first-order valence-corrected chi connectivity index (χ1v) is 7.80. The first-order valence-electron chi connectivity index (χ1n) is 7.80. The Labute approximate surface area is 123 Å². The lowest BCUT2D eigenvalue weighted by Gasteiger charge is -2.35. The van der Waals surface area contributed by atoms with Crippen molar-refractivity contribution in [3.05, 3.63) is 23.3 Å². The highest BCUT2D eigenvalue weighted by Gasteiger charge is 2.23. The van der Waals surface area contributed by atoms with Crippen LogP contribution in [0.5, 0.6) is 5.75 Å². The lowest BCUT2D eigenvalue weighted by molar-refractivity contribution is 0.183. The molecule has 0 saturated carbocycles. The number of nitrogens with one attached hydrogen (secondary N) is 1. The molecule has 20 heavy (non-hydrogen) atoms. The highest BCUT2D eigenvalue weighted by molar-refractivity contribution is 5.57. The van der Waals surface area contributed by atoms with E-state index in [1.807, 2.05) is 19.9 Å². The monoisotopic (exact) mass is 276 g/mol. The van der Waals surface area contributed by atoms with E-state index < -0.39 is 0 Å². The van der Waals surface area contributed by atoms with Gasteiger partial charge in [0.2, 0.25) is 0 Å². The lowest BCUT2D eigenvalue weighted by atomic mass is 9.90. The molecule has 1 heterocycles. The second-order valence-electron chi connectivity index (χ2n) is 6.16. The molecule has 0 bridgehead atoms. The number of rotatable bonds is 4. The van der Waals surface area contributed by atoms with Gasteiger partial charge in [-0.1, -0.05) is 6.92 Å². The molecule has 1 fully saturated rings. The Hall–Kier alpha value is -1.22. The quantitative estimate of drug-likeness (QED) is 0.826. The number of aryl methyl sites for hydroxylation is 2. The lowest BCUT2D eigenvalue weighted by Crippen LogP contribution is -2.39. The van der Waals surface area contributed by atoms with Gasteiger partial charge in [0.15, 0.2) is 0 Å². The van der Waals surface area contributed by atoms with Crippen LogP contribution >= 0.6 is 0 Å². The molecule has 3 nitrogen and oxygen atoms in total. The number of phenolic OH excluding ortho intramolecular Hbond substituents is 1. The van der Waals surface area contributed by atoms with Crippen molar-refractivity contribution >= 4 is 5.69 Å². The van der Waals surface area contributed by atoms with E-state index in [2.05, 4.69) is 30.1 Å². The van der Waals surface area contributed by atoms with Crippen LogP contribution < -0.4 is 5.32 Å². The molecule has 0 aromatic heterocycles. The molecule has 1 aliphatic heterocycles. The summed E-state index contributed by atoms with van der Waals surface area (Å²) in [4.78, 5) is 2.53. The third-order valence-electron chi connectivity index (χ3n) is 4.71. The minimum Gasteiger partial charge on any atom is -0.508 e. The highest BCUT2D eigenvalue weighted by atomic mass is 16.3. The zero-order valence-electron chi connectivity index (χ0n) is 13.2. The predicted octanol–water partition coefficient (Wildman–Crippen LogP) is 3.54. The topological polar surface area (TPSA) is 35.5 Å². The predicted molar refractivity (Wildman–Crippen MR) is 85.5 cm³/mol. The Morgan fingerprint density at radius 3 is 2.50 bits per heavy atom. The maximum Gasteiger partial charge on any atom is 0.118 e. The van der Waals surface area contributed by atoms with Crippen LogP contribution in [0.25, 0.3) is 0 Å². The standard InChI is InChI=1S/C17H28N2O/c1-5-19-8-6-15(7-9-19)14(4)18-16-10-13(3)17(20)11-12(16)2/h10-11,14-15,18,20H,5-9H2,1-4H3. The van der Waals surface area contributed by atoms with Gasteiger partial charge in [0.1, 0.15) is 5.75 Å². The molecular weight excluding hydrogens is 248 g/mol. The van der Waals surface area contributed by atoms with Crippen molar-refractivity contribution in [2.75, 3.05) is 25.0 Å². The number of aromatic hydroxyl groups is 1. The maximum absolute atomic E-state index is 9.73. The first-order chi connectivity index (χ1) is 9.51. The maximum atomic E-state index is 9.73. The SMILES string of the molecule is CCN1CCC(C(C)Nc2cc(C)c(O)cc2C)CC1. The van der Waals surface area contributed by atoms with Gasteiger partial charge in [0.25, 0.3) is 0 Å². The van der Waals surface area contributed by atoms with Gasteiger partial charge in [-0.15, -0.1) is 0 Å². The molecule has 1 unspecified atom stereocenters. The van der Waals surface area contributed by atoms with Gasteiger partial charge in [0.05, 0.1) is 0 Å². The molecule has 3 heteroatoms. The normalized spacial score (nSPS) is 19.0. The summed E-state index contributed by atoms with van der Waals surface area (Å²) in [5.74, 6) is 1.13. The van der Waals surface area contributed by atoms with Gasteiger partial charge in [-0.25, -0.2) is 0 Å². The number of benzene rings is 1. The minimum atomic E-state index is 0.386. The minimum absolute atomic E-state index is 0.386. The molecule has 0 amide bonds. The van der Waals surface area contributed by atoms with E-state index in [1.165, 1.54) is 32.5 Å². The Morgan fingerprint density at radius 2 is 1.90 bits per heavy atom. The van der Waals surface area contributed by atoms with E-state index in [0.29, 0.717) is 11.8 Å². The number of hydrogen-bond donors (Lipinski definition) is 2. The van der Waals surface area contributed by atoms with Crippen LogP contribution in [0.4, 0.5) is 5.69 Å². The average Bonchev–Trinajstić information content (AvgIpc) is 2.44. The average molecular weight is 276 g/mol. The van der Waals surface area contributed by atoms with Crippen molar-refractivity contribution in [2.24, 2.45) is 5.92 Å². The van der Waals surface area contributed by atoms with Crippen LogP contribution in [-0.4, -0.2) is 35.7 Å². The molecule has 2 N–H and O–H groups in total. The summed E-state index contributed by atoms with van der Waals surface area (Å²) >= 11 is 0. The fourth-order valence-electron chi connectivity index (χ4n) is 3.09. The highest BCUT2D eigenvalue weighted by Crippen LogP contribution is 2.28. The molecular formula is C17H28N2O. The van der Waals surface area contributed by atoms with Crippen molar-refractivity contribution in [3.63, 3.8) is 0 Å². The summed E-state index contributed by atoms with van der Waals surface area (Å²) in [5.41, 5.74) is 3.21. The zero-order chi connectivity index (χ0) is 14.7. The third-order valence-corrected chi connectivity index (χ3v) is 4.71. The van der Waals surface area contributed by atoms with E-state index in [9.17, 15) is 5.11 Å². The van der Waals surface area contributed by atoms with Crippen molar-refractivity contribution in [3.8, 4) is 5.75 Å². The zero-order valence-corrected chi connectivity index (χ0v) is 13.2. The van der Waals surface area contributed by atoms with Gasteiger partial charge in [-0.3, -0.25) is 0 Å². The summed E-state index contributed by atoms with van der Waals surface area (Å²) in [7, 11) is 0. The summed E-state index contributed by atoms with van der Waals surface area (Å²) in [6.07, 6.45) is 2.55. The van der Waals surface area contributed by atoms with Crippen LogP contribution in [-0.2, 0) is 0 Å². The van der Waals surface area contributed by atoms with Crippen LogP contribution in [0.3, 0.4) is 0 Å². The van der Waals surface area contributed by atoms with Crippen LogP contribution in [0.15, 0.2) is 12.1 Å². The van der Waals surface area contributed by atoms with Gasteiger partial charge in [-0.2, -0.15) is 0 Å². The first kappa shape index (κ1) is 15.2. The molecule has 1 saturated heterocycles. The van der Waals surface area contributed by atoms with Gasteiger partial charge < -0.3 is 15.3 Å². The molecule has 0 aliphatic carbocycles. The van der Waals surface area contributed by atoms with E-state index in [-0.39, 0.29) is 0 Å². The summed E-state index contributed by atoms with van der Waals surface area (Å²) in [6, 6.07) is 4.39.